The lowest BCUT2D eigenvalue weighted by molar-refractivity contribution is 0.188. The highest BCUT2D eigenvalue weighted by atomic mass is 32.2. The first-order valence-corrected chi connectivity index (χ1v) is 10.0. The SMILES string of the molecule is CC(C)(C)S(=O)N[C@@H]1CS(=O)(=O)CC12CCCCC2. The van der Waals surface area contributed by atoms with E-state index in [4.69, 9.17) is 0 Å². The molecule has 1 saturated heterocycles. The van der Waals surface area contributed by atoms with Crippen LogP contribution in [-0.4, -0.2) is 34.9 Å². The van der Waals surface area contributed by atoms with Crippen molar-refractivity contribution in [1.29, 1.82) is 0 Å². The average Bonchev–Trinajstić information content (AvgIpc) is 2.49. The molecule has 2 fully saturated rings. The molecule has 1 aliphatic carbocycles. The lowest BCUT2D eigenvalue weighted by atomic mass is 9.71. The van der Waals surface area contributed by atoms with Crippen LogP contribution in [0.1, 0.15) is 52.9 Å². The van der Waals surface area contributed by atoms with Gasteiger partial charge in [0.05, 0.1) is 27.2 Å². The second-order valence-corrected chi connectivity index (χ2v) is 11.1. The predicted octanol–water partition coefficient (Wildman–Crippen LogP) is 1.79. The van der Waals surface area contributed by atoms with Crippen molar-refractivity contribution in [3.63, 3.8) is 0 Å². The van der Waals surface area contributed by atoms with Crippen molar-refractivity contribution >= 4 is 20.8 Å². The highest BCUT2D eigenvalue weighted by Crippen LogP contribution is 2.45. The Bertz CT molecular complexity index is 459. The largest absolute Gasteiger partial charge is 0.242 e. The molecule has 1 heterocycles. The molecule has 2 aliphatic rings. The first-order chi connectivity index (χ1) is 8.65. The topological polar surface area (TPSA) is 63.2 Å². The zero-order valence-corrected chi connectivity index (χ0v) is 13.7. The van der Waals surface area contributed by atoms with Gasteiger partial charge in [0, 0.05) is 11.5 Å². The van der Waals surface area contributed by atoms with Crippen LogP contribution in [0.25, 0.3) is 0 Å². The van der Waals surface area contributed by atoms with E-state index in [2.05, 4.69) is 4.72 Å². The smallest absolute Gasteiger partial charge is 0.152 e. The van der Waals surface area contributed by atoms with Crippen LogP contribution in [0.5, 0.6) is 0 Å². The van der Waals surface area contributed by atoms with Gasteiger partial charge in [-0.25, -0.2) is 17.3 Å². The molecule has 1 spiro atoms. The zero-order valence-electron chi connectivity index (χ0n) is 12.1. The molecule has 2 rings (SSSR count). The lowest BCUT2D eigenvalue weighted by Gasteiger charge is -2.38. The standard InChI is InChI=1S/C13H25NO3S2/c1-12(2,3)18(15)14-11-9-19(16,17)10-13(11)7-5-4-6-8-13/h11,14H,4-10H2,1-3H3/t11-,18?/m1/s1. The molecule has 6 heteroatoms. The van der Waals surface area contributed by atoms with Gasteiger partial charge in [0.1, 0.15) is 0 Å². The Labute approximate surface area is 119 Å². The molecule has 2 atom stereocenters. The van der Waals surface area contributed by atoms with Crippen LogP contribution in [0.2, 0.25) is 0 Å². The van der Waals surface area contributed by atoms with Gasteiger partial charge in [-0.3, -0.25) is 0 Å². The summed E-state index contributed by atoms with van der Waals surface area (Å²) in [5.41, 5.74) is -0.169. The van der Waals surface area contributed by atoms with Crippen LogP contribution < -0.4 is 4.72 Å². The molecule has 0 aromatic carbocycles. The van der Waals surface area contributed by atoms with Gasteiger partial charge in [-0.1, -0.05) is 19.3 Å². The fourth-order valence-electron chi connectivity index (χ4n) is 3.24. The summed E-state index contributed by atoms with van der Waals surface area (Å²) in [6, 6.07) is -0.141. The summed E-state index contributed by atoms with van der Waals surface area (Å²) in [6.07, 6.45) is 5.28. The van der Waals surface area contributed by atoms with Gasteiger partial charge in [-0.2, -0.15) is 0 Å². The maximum absolute atomic E-state index is 12.3. The molecule has 1 saturated carbocycles. The summed E-state index contributed by atoms with van der Waals surface area (Å²) in [5, 5.41) is 0. The number of nitrogens with one attached hydrogen (secondary N) is 1. The number of hydrogen-bond donors (Lipinski definition) is 1. The van der Waals surface area contributed by atoms with Crippen LogP contribution in [-0.2, 0) is 20.8 Å². The van der Waals surface area contributed by atoms with E-state index >= 15 is 0 Å². The van der Waals surface area contributed by atoms with Crippen LogP contribution >= 0.6 is 0 Å². The van der Waals surface area contributed by atoms with E-state index in [9.17, 15) is 12.6 Å². The van der Waals surface area contributed by atoms with Gasteiger partial charge in [-0.15, -0.1) is 0 Å². The highest BCUT2D eigenvalue weighted by molar-refractivity contribution is 7.91. The summed E-state index contributed by atoms with van der Waals surface area (Å²) in [4.78, 5) is 0. The van der Waals surface area contributed by atoms with Gasteiger partial charge in [0.15, 0.2) is 9.84 Å². The fraction of sp³-hybridized carbons (Fsp3) is 1.00. The minimum Gasteiger partial charge on any atom is -0.242 e. The van der Waals surface area contributed by atoms with Gasteiger partial charge in [0.25, 0.3) is 0 Å². The maximum Gasteiger partial charge on any atom is 0.152 e. The average molecular weight is 307 g/mol. The van der Waals surface area contributed by atoms with Crippen LogP contribution in [0.3, 0.4) is 0 Å². The van der Waals surface area contributed by atoms with E-state index in [1.54, 1.807) is 0 Å². The second kappa shape index (κ2) is 5.11. The van der Waals surface area contributed by atoms with E-state index in [-0.39, 0.29) is 27.7 Å². The summed E-state index contributed by atoms with van der Waals surface area (Å²) < 4.78 is 39.0. The van der Waals surface area contributed by atoms with E-state index < -0.39 is 20.8 Å². The number of rotatable bonds is 2. The van der Waals surface area contributed by atoms with Crippen molar-refractivity contribution in [3.05, 3.63) is 0 Å². The second-order valence-electron chi connectivity index (χ2n) is 7.03. The van der Waals surface area contributed by atoms with Crippen LogP contribution in [0.4, 0.5) is 0 Å². The normalized spacial score (nSPS) is 31.4. The zero-order chi connectivity index (χ0) is 14.3. The third-order valence-electron chi connectivity index (χ3n) is 4.32. The molecule has 19 heavy (non-hydrogen) atoms. The lowest BCUT2D eigenvalue weighted by Crippen LogP contribution is -2.49. The molecule has 0 radical (unpaired) electrons. The molecule has 0 amide bonds. The Balaban J connectivity index is 2.19. The van der Waals surface area contributed by atoms with Crippen molar-refractivity contribution < 1.29 is 12.6 Å². The third kappa shape index (κ3) is 3.39. The van der Waals surface area contributed by atoms with Crippen molar-refractivity contribution in [3.8, 4) is 0 Å². The molecular weight excluding hydrogens is 282 g/mol. The Hall–Kier alpha value is 0.0600. The van der Waals surface area contributed by atoms with Crippen molar-refractivity contribution in [2.75, 3.05) is 11.5 Å². The van der Waals surface area contributed by atoms with Crippen LogP contribution in [0, 0.1) is 5.41 Å². The van der Waals surface area contributed by atoms with Crippen molar-refractivity contribution in [1.82, 2.24) is 4.72 Å². The first-order valence-electron chi connectivity index (χ1n) is 7.03. The first kappa shape index (κ1) is 15.4. The molecule has 1 aliphatic heterocycles. The van der Waals surface area contributed by atoms with Crippen molar-refractivity contribution in [2.24, 2.45) is 5.41 Å². The predicted molar refractivity (Wildman–Crippen MR) is 79.0 cm³/mol. The Morgan fingerprint density at radius 2 is 1.74 bits per heavy atom. The Morgan fingerprint density at radius 1 is 1.16 bits per heavy atom. The number of sulfone groups is 1. The van der Waals surface area contributed by atoms with Gasteiger partial charge < -0.3 is 0 Å². The quantitative estimate of drug-likeness (QED) is 0.846. The van der Waals surface area contributed by atoms with E-state index in [0.717, 1.165) is 25.7 Å². The summed E-state index contributed by atoms with van der Waals surface area (Å²) in [5.74, 6) is 0.424. The summed E-state index contributed by atoms with van der Waals surface area (Å²) in [7, 11) is -4.19. The monoisotopic (exact) mass is 307 g/mol. The minimum atomic E-state index is -2.99. The van der Waals surface area contributed by atoms with E-state index in [1.807, 2.05) is 20.8 Å². The Kier molecular flexibility index (Phi) is 4.16. The molecule has 0 bridgehead atoms. The molecule has 4 nitrogen and oxygen atoms in total. The molecule has 1 unspecified atom stereocenters. The molecule has 1 N–H and O–H groups in total. The molecule has 112 valence electrons. The van der Waals surface area contributed by atoms with Crippen LogP contribution in [0.15, 0.2) is 0 Å². The maximum atomic E-state index is 12.3. The Morgan fingerprint density at radius 3 is 2.26 bits per heavy atom. The minimum absolute atomic E-state index is 0.141. The van der Waals surface area contributed by atoms with Gasteiger partial charge in [-0.05, 0) is 33.6 Å². The van der Waals surface area contributed by atoms with Crippen molar-refractivity contribution in [2.45, 2.75) is 63.7 Å². The molecule has 0 aromatic heterocycles. The van der Waals surface area contributed by atoms with Gasteiger partial charge in [0.2, 0.25) is 0 Å². The van der Waals surface area contributed by atoms with Gasteiger partial charge >= 0.3 is 0 Å². The van der Waals surface area contributed by atoms with E-state index in [1.165, 1.54) is 6.42 Å². The number of hydrogen-bond acceptors (Lipinski definition) is 3. The van der Waals surface area contributed by atoms with E-state index in [0.29, 0.717) is 0 Å². The summed E-state index contributed by atoms with van der Waals surface area (Å²) in [6.45, 7) is 5.73. The molecular formula is C13H25NO3S2. The summed E-state index contributed by atoms with van der Waals surface area (Å²) >= 11 is 0. The fourth-order valence-corrected chi connectivity index (χ4v) is 6.72. The highest BCUT2D eigenvalue weighted by Gasteiger charge is 2.51. The molecule has 0 aromatic rings. The third-order valence-corrected chi connectivity index (χ3v) is 7.79.